The lowest BCUT2D eigenvalue weighted by molar-refractivity contribution is -0.171. The molecule has 0 aliphatic rings. The van der Waals surface area contributed by atoms with Crippen LogP contribution in [0.5, 0.6) is 0 Å². The Kier molecular flexibility index (Phi) is 12.1. The lowest BCUT2D eigenvalue weighted by Crippen LogP contribution is -2.48. The van der Waals surface area contributed by atoms with Crippen LogP contribution in [0.3, 0.4) is 0 Å². The van der Waals surface area contributed by atoms with Crippen molar-refractivity contribution in [2.75, 3.05) is 19.8 Å². The molecule has 2 rings (SSSR count). The maximum atomic E-state index is 14.6. The topological polar surface area (TPSA) is 68.2 Å². The van der Waals surface area contributed by atoms with E-state index in [0.717, 1.165) is 11.1 Å². The Morgan fingerprint density at radius 3 is 1.69 bits per heavy atom. The molecule has 0 fully saturated rings. The van der Waals surface area contributed by atoms with Crippen LogP contribution in [0.4, 0.5) is 0 Å². The summed E-state index contributed by atoms with van der Waals surface area (Å²) >= 11 is 0. The average molecular weight is 506 g/mol. The van der Waals surface area contributed by atoms with Gasteiger partial charge in [0.1, 0.15) is 0 Å². The van der Waals surface area contributed by atoms with Crippen molar-refractivity contribution in [1.82, 2.24) is 4.90 Å². The summed E-state index contributed by atoms with van der Waals surface area (Å²) in [6.45, 7) is 13.2. The summed E-state index contributed by atoms with van der Waals surface area (Å²) < 4.78 is 32.3. The van der Waals surface area contributed by atoms with Gasteiger partial charge < -0.3 is 19.1 Å². The number of rotatable bonds is 16. The van der Waals surface area contributed by atoms with Crippen LogP contribution < -0.4 is 0 Å². The van der Waals surface area contributed by atoms with Gasteiger partial charge in [-0.25, -0.2) is 0 Å². The highest BCUT2D eigenvalue weighted by molar-refractivity contribution is 7.60. The van der Waals surface area contributed by atoms with Crippen molar-refractivity contribution in [3.05, 3.63) is 71.8 Å². The van der Waals surface area contributed by atoms with Crippen LogP contribution in [0.1, 0.15) is 59.1 Å². The zero-order chi connectivity index (χ0) is 25.9. The van der Waals surface area contributed by atoms with Crippen LogP contribution in [-0.4, -0.2) is 47.2 Å². The Balaban J connectivity index is 2.57. The van der Waals surface area contributed by atoms with Gasteiger partial charge in [-0.05, 0) is 51.2 Å². The van der Waals surface area contributed by atoms with Crippen molar-refractivity contribution < 1.29 is 23.7 Å². The predicted octanol–water partition coefficient (Wildman–Crippen LogP) is 6.48. The van der Waals surface area contributed by atoms with Crippen LogP contribution in [0.25, 0.3) is 0 Å². The first kappa shape index (κ1) is 29.7. The fourth-order valence-corrected chi connectivity index (χ4v) is 7.11. The molecule has 196 valence electrons. The van der Waals surface area contributed by atoms with Gasteiger partial charge in [0.15, 0.2) is 5.85 Å². The number of aliphatic hydroxyl groups is 1. The van der Waals surface area contributed by atoms with E-state index in [-0.39, 0.29) is 25.7 Å². The fourth-order valence-electron chi connectivity index (χ4n) is 4.48. The number of ether oxygens (including phenoxy) is 2. The Morgan fingerprint density at radius 2 is 1.31 bits per heavy atom. The number of benzene rings is 2. The molecule has 0 aliphatic carbocycles. The molecule has 2 aromatic rings. The molecule has 0 aromatic heterocycles. The Bertz CT molecular complexity index is 845. The SMILES string of the molecule is CCOC(C)(OCC)P(=O)(OCC)[C@@H](O)[C@H](CC(C)C)N(Cc1ccccc1)Cc1ccccc1. The van der Waals surface area contributed by atoms with Gasteiger partial charge in [-0.1, -0.05) is 74.5 Å². The first-order valence-electron chi connectivity index (χ1n) is 12.7. The lowest BCUT2D eigenvalue weighted by atomic mass is 10.0. The van der Waals surface area contributed by atoms with Gasteiger partial charge in [0.2, 0.25) is 5.53 Å². The van der Waals surface area contributed by atoms with E-state index in [1.807, 2.05) is 50.2 Å². The van der Waals surface area contributed by atoms with E-state index in [1.54, 1.807) is 13.8 Å². The fraction of sp³-hybridized carbons (Fsp3) is 0.571. The summed E-state index contributed by atoms with van der Waals surface area (Å²) in [5.41, 5.74) is 0.688. The van der Waals surface area contributed by atoms with Crippen LogP contribution >= 0.6 is 7.37 Å². The maximum Gasteiger partial charge on any atom is 0.289 e. The van der Waals surface area contributed by atoms with Crippen LogP contribution in [0.15, 0.2) is 60.7 Å². The Labute approximate surface area is 212 Å². The molecule has 1 N–H and O–H groups in total. The molecule has 0 radical (unpaired) electrons. The van der Waals surface area contributed by atoms with Gasteiger partial charge in [-0.15, -0.1) is 0 Å². The third-order valence-corrected chi connectivity index (χ3v) is 9.12. The van der Waals surface area contributed by atoms with Crippen molar-refractivity contribution in [1.29, 1.82) is 0 Å². The quantitative estimate of drug-likeness (QED) is 0.208. The molecule has 2 aromatic carbocycles. The molecule has 7 heteroatoms. The summed E-state index contributed by atoms with van der Waals surface area (Å²) in [6.07, 6.45) is 0.631. The largest absolute Gasteiger partial charge is 0.381 e. The van der Waals surface area contributed by atoms with E-state index in [9.17, 15) is 9.67 Å². The van der Waals surface area contributed by atoms with Gasteiger partial charge in [0, 0.05) is 32.3 Å². The standard InChI is InChI=1S/C28H44NO5P/c1-7-32-28(6,33-8-2)35(31,34-9-3)27(30)26(20-23(4)5)29(21-24-16-12-10-13-17-24)22-25-18-14-11-15-19-25/h10-19,23,26-27,30H,7-9,20-22H2,1-6H3/t26-,27+,35?/m0/s1. The molecule has 0 amide bonds. The summed E-state index contributed by atoms with van der Waals surface area (Å²) in [5.74, 6) is -1.05. The van der Waals surface area contributed by atoms with E-state index in [0.29, 0.717) is 19.5 Å². The van der Waals surface area contributed by atoms with Gasteiger partial charge >= 0.3 is 0 Å². The average Bonchev–Trinajstić information content (AvgIpc) is 2.83. The zero-order valence-corrected chi connectivity index (χ0v) is 23.1. The van der Waals surface area contributed by atoms with Gasteiger partial charge in [-0.3, -0.25) is 9.46 Å². The highest BCUT2D eigenvalue weighted by atomic mass is 31.2. The van der Waals surface area contributed by atoms with Gasteiger partial charge in [0.25, 0.3) is 7.37 Å². The molecule has 0 saturated heterocycles. The summed E-state index contributed by atoms with van der Waals surface area (Å²) in [4.78, 5) is 2.21. The third-order valence-electron chi connectivity index (χ3n) is 6.04. The summed E-state index contributed by atoms with van der Waals surface area (Å²) in [7, 11) is -3.87. The minimum Gasteiger partial charge on any atom is -0.381 e. The van der Waals surface area contributed by atoms with Crippen molar-refractivity contribution in [2.24, 2.45) is 5.92 Å². The normalized spacial score (nSPS) is 15.8. The third kappa shape index (κ3) is 7.98. The maximum absolute atomic E-state index is 14.6. The minimum atomic E-state index is -3.87. The van der Waals surface area contributed by atoms with Crippen molar-refractivity contribution >= 4 is 7.37 Å². The van der Waals surface area contributed by atoms with E-state index >= 15 is 0 Å². The highest BCUT2D eigenvalue weighted by Crippen LogP contribution is 2.64. The molecule has 0 spiro atoms. The second-order valence-corrected chi connectivity index (χ2v) is 12.1. The van der Waals surface area contributed by atoms with Crippen LogP contribution in [0, 0.1) is 5.92 Å². The smallest absolute Gasteiger partial charge is 0.289 e. The van der Waals surface area contributed by atoms with E-state index in [4.69, 9.17) is 14.0 Å². The molecule has 0 aliphatic heterocycles. The first-order chi connectivity index (χ1) is 16.7. The number of hydrogen-bond acceptors (Lipinski definition) is 6. The highest BCUT2D eigenvalue weighted by Gasteiger charge is 2.56. The number of aliphatic hydroxyl groups excluding tert-OH is 1. The predicted molar refractivity (Wildman–Crippen MR) is 142 cm³/mol. The first-order valence-corrected chi connectivity index (χ1v) is 14.4. The van der Waals surface area contributed by atoms with Gasteiger partial charge in [0.05, 0.1) is 6.61 Å². The van der Waals surface area contributed by atoms with Crippen molar-refractivity contribution in [2.45, 2.75) is 78.5 Å². The molecule has 35 heavy (non-hydrogen) atoms. The van der Waals surface area contributed by atoms with E-state index in [2.05, 4.69) is 43.0 Å². The molecular weight excluding hydrogens is 461 g/mol. The molecule has 1 unspecified atom stereocenters. The van der Waals surface area contributed by atoms with Gasteiger partial charge in [-0.2, -0.15) is 0 Å². The Morgan fingerprint density at radius 1 is 0.857 bits per heavy atom. The van der Waals surface area contributed by atoms with Crippen molar-refractivity contribution in [3.8, 4) is 0 Å². The molecular formula is C28H44NO5P. The number of nitrogens with zero attached hydrogens (tertiary/aromatic N) is 1. The Hall–Kier alpha value is -1.53. The molecule has 6 nitrogen and oxygen atoms in total. The van der Waals surface area contributed by atoms with Crippen LogP contribution in [0.2, 0.25) is 0 Å². The van der Waals surface area contributed by atoms with Crippen molar-refractivity contribution in [3.63, 3.8) is 0 Å². The zero-order valence-electron chi connectivity index (χ0n) is 22.2. The monoisotopic (exact) mass is 505 g/mol. The molecule has 0 saturated carbocycles. The summed E-state index contributed by atoms with van der Waals surface area (Å²) in [5, 5.41) is 11.9. The molecule has 3 atom stereocenters. The molecule has 0 heterocycles. The second kappa shape index (κ2) is 14.3. The summed E-state index contributed by atoms with van der Waals surface area (Å²) in [6, 6.07) is 19.9. The second-order valence-electron chi connectivity index (χ2n) is 9.27. The van der Waals surface area contributed by atoms with Crippen LogP contribution in [-0.2, 0) is 31.7 Å². The lowest BCUT2D eigenvalue weighted by Gasteiger charge is -2.44. The number of hydrogen-bond donors (Lipinski definition) is 1. The van der Waals surface area contributed by atoms with E-state index in [1.165, 1.54) is 0 Å². The minimum absolute atomic E-state index is 0.176. The molecule has 0 bridgehead atoms. The van der Waals surface area contributed by atoms with E-state index < -0.39 is 24.8 Å².